The van der Waals surface area contributed by atoms with Crippen LogP contribution in [0.1, 0.15) is 15.9 Å². The van der Waals surface area contributed by atoms with E-state index in [2.05, 4.69) is 10.6 Å². The Morgan fingerprint density at radius 2 is 1.61 bits per heavy atom. The number of para-hydroxylation sites is 1. The van der Waals surface area contributed by atoms with Gasteiger partial charge in [-0.15, -0.1) is 0 Å². The minimum absolute atomic E-state index is 0.0495. The quantitative estimate of drug-likeness (QED) is 0.461. The Hall–Kier alpha value is -3.05. The third-order valence-corrected chi connectivity index (χ3v) is 8.20. The summed E-state index contributed by atoms with van der Waals surface area (Å²) in [6.07, 6.45) is 0. The molecule has 2 N–H and O–H groups in total. The number of piperazine rings is 1. The van der Waals surface area contributed by atoms with Gasteiger partial charge in [0.05, 0.1) is 21.3 Å². The summed E-state index contributed by atoms with van der Waals surface area (Å²) in [5.74, 6) is -0.923. The van der Waals surface area contributed by atoms with Crippen LogP contribution in [0.3, 0.4) is 0 Å². The smallest absolute Gasteiger partial charge is 0.257 e. The first-order chi connectivity index (χ1) is 17.1. The summed E-state index contributed by atoms with van der Waals surface area (Å²) in [7, 11) is -3.60. The van der Waals surface area contributed by atoms with Gasteiger partial charge in [-0.05, 0) is 67.7 Å². The number of hydrogen-bond donors (Lipinski definition) is 2. The van der Waals surface area contributed by atoms with Gasteiger partial charge in [0.1, 0.15) is 5.82 Å². The van der Waals surface area contributed by atoms with Crippen molar-refractivity contribution in [2.24, 2.45) is 0 Å². The number of nitrogens with zero attached hydrogens (tertiary/aromatic N) is 2. The topological polar surface area (TPSA) is 81.8 Å². The molecule has 188 valence electrons. The van der Waals surface area contributed by atoms with E-state index in [0.29, 0.717) is 29.5 Å². The Kier molecular flexibility index (Phi) is 7.89. The van der Waals surface area contributed by atoms with Crippen LogP contribution in [0.15, 0.2) is 71.6 Å². The largest absolute Gasteiger partial charge is 0.366 e. The average Bonchev–Trinajstić information content (AvgIpc) is 2.85. The molecule has 1 aliphatic rings. The molecule has 1 saturated heterocycles. The van der Waals surface area contributed by atoms with E-state index in [9.17, 15) is 17.6 Å². The zero-order valence-electron chi connectivity index (χ0n) is 19.4. The molecule has 0 aromatic heterocycles. The van der Waals surface area contributed by atoms with Crippen molar-refractivity contribution in [3.05, 3.63) is 88.7 Å². The number of aryl methyl sites for hydroxylation is 1. The Balaban J connectivity index is 1.44. The van der Waals surface area contributed by atoms with Crippen molar-refractivity contribution in [1.29, 1.82) is 0 Å². The molecule has 36 heavy (non-hydrogen) atoms. The molecular formula is C25H24ClFN4O3S2. The number of sulfonamides is 1. The standard InChI is InChI=1S/C25H24ClFN4O3S2/c1-17-5-11-20(12-6-17)36(33,34)31-15-13-30(14-16-31)23-21(26)3-2-4-22(23)28-25(35)29-24(32)18-7-9-19(27)10-8-18/h2-12H,13-16H2,1H3,(H2,28,29,32,35). The molecule has 1 amide bonds. The highest BCUT2D eigenvalue weighted by Crippen LogP contribution is 2.35. The van der Waals surface area contributed by atoms with E-state index >= 15 is 0 Å². The highest BCUT2D eigenvalue weighted by molar-refractivity contribution is 7.89. The van der Waals surface area contributed by atoms with Crippen LogP contribution in [0.2, 0.25) is 5.02 Å². The third-order valence-electron chi connectivity index (χ3n) is 5.78. The molecule has 0 radical (unpaired) electrons. The van der Waals surface area contributed by atoms with E-state index in [-0.39, 0.29) is 28.7 Å². The molecule has 4 rings (SSSR count). The number of hydrogen-bond acceptors (Lipinski definition) is 5. The van der Waals surface area contributed by atoms with Crippen LogP contribution in [0.4, 0.5) is 15.8 Å². The Bertz CT molecular complexity index is 1380. The fourth-order valence-corrected chi connectivity index (χ4v) is 5.80. The van der Waals surface area contributed by atoms with E-state index in [1.54, 1.807) is 42.5 Å². The number of anilines is 2. The van der Waals surface area contributed by atoms with E-state index in [4.69, 9.17) is 23.8 Å². The summed E-state index contributed by atoms with van der Waals surface area (Å²) >= 11 is 11.8. The number of thiocarbonyl (C=S) groups is 1. The van der Waals surface area contributed by atoms with Crippen LogP contribution in [0, 0.1) is 12.7 Å². The number of carbonyl (C=O) groups is 1. The fraction of sp³-hybridized carbons (Fsp3) is 0.200. The van der Waals surface area contributed by atoms with Crippen LogP contribution in [0.5, 0.6) is 0 Å². The average molecular weight is 547 g/mol. The van der Waals surface area contributed by atoms with Gasteiger partial charge in [0.15, 0.2) is 5.11 Å². The summed E-state index contributed by atoms with van der Waals surface area (Å²) in [6.45, 7) is 3.31. The van der Waals surface area contributed by atoms with E-state index in [0.717, 1.165) is 5.56 Å². The van der Waals surface area contributed by atoms with Gasteiger partial charge in [-0.1, -0.05) is 35.4 Å². The van der Waals surface area contributed by atoms with Gasteiger partial charge in [0.25, 0.3) is 5.91 Å². The van der Waals surface area contributed by atoms with Gasteiger partial charge < -0.3 is 10.2 Å². The van der Waals surface area contributed by atoms with E-state index in [1.807, 2.05) is 11.8 Å². The molecule has 7 nitrogen and oxygen atoms in total. The molecule has 0 bridgehead atoms. The van der Waals surface area contributed by atoms with Crippen molar-refractivity contribution in [2.75, 3.05) is 36.4 Å². The maximum absolute atomic E-state index is 13.1. The molecule has 0 spiro atoms. The zero-order chi connectivity index (χ0) is 25.9. The van der Waals surface area contributed by atoms with Crippen LogP contribution in [0.25, 0.3) is 0 Å². The molecular weight excluding hydrogens is 523 g/mol. The van der Waals surface area contributed by atoms with Crippen LogP contribution >= 0.6 is 23.8 Å². The molecule has 0 saturated carbocycles. The lowest BCUT2D eigenvalue weighted by Gasteiger charge is -2.36. The molecule has 1 aliphatic heterocycles. The van der Waals surface area contributed by atoms with Crippen molar-refractivity contribution in [3.63, 3.8) is 0 Å². The number of halogens is 2. The second-order valence-corrected chi connectivity index (χ2v) is 11.0. The van der Waals surface area contributed by atoms with E-state index in [1.165, 1.54) is 28.6 Å². The van der Waals surface area contributed by atoms with Crippen LogP contribution in [-0.4, -0.2) is 49.9 Å². The highest BCUT2D eigenvalue weighted by atomic mass is 35.5. The lowest BCUT2D eigenvalue weighted by molar-refractivity contribution is 0.0977. The second-order valence-electron chi connectivity index (χ2n) is 8.26. The van der Waals surface area contributed by atoms with E-state index < -0.39 is 21.7 Å². The predicted octanol–water partition coefficient (Wildman–Crippen LogP) is 4.43. The monoisotopic (exact) mass is 546 g/mol. The first kappa shape index (κ1) is 26.0. The number of carbonyl (C=O) groups excluding carboxylic acids is 1. The van der Waals surface area contributed by atoms with Crippen molar-refractivity contribution in [3.8, 4) is 0 Å². The molecule has 0 atom stereocenters. The van der Waals surface area contributed by atoms with Crippen LogP contribution in [-0.2, 0) is 10.0 Å². The summed E-state index contributed by atoms with van der Waals surface area (Å²) in [6, 6.07) is 17.2. The van der Waals surface area contributed by atoms with Gasteiger partial charge in [0.2, 0.25) is 10.0 Å². The number of amides is 1. The lowest BCUT2D eigenvalue weighted by Crippen LogP contribution is -2.49. The Morgan fingerprint density at radius 3 is 2.25 bits per heavy atom. The first-order valence-corrected chi connectivity index (χ1v) is 13.4. The van der Waals surface area contributed by atoms with Gasteiger partial charge in [0, 0.05) is 31.7 Å². The highest BCUT2D eigenvalue weighted by Gasteiger charge is 2.30. The maximum Gasteiger partial charge on any atom is 0.257 e. The van der Waals surface area contributed by atoms with Gasteiger partial charge in [-0.3, -0.25) is 10.1 Å². The first-order valence-electron chi connectivity index (χ1n) is 11.1. The van der Waals surface area contributed by atoms with Crippen molar-refractivity contribution >= 4 is 56.2 Å². The van der Waals surface area contributed by atoms with Crippen LogP contribution < -0.4 is 15.5 Å². The summed E-state index contributed by atoms with van der Waals surface area (Å²) in [5, 5.41) is 6.08. The molecule has 0 aliphatic carbocycles. The summed E-state index contributed by atoms with van der Waals surface area (Å²) in [5.41, 5.74) is 2.48. The summed E-state index contributed by atoms with van der Waals surface area (Å²) in [4.78, 5) is 14.7. The maximum atomic E-state index is 13.1. The van der Waals surface area contributed by atoms with Gasteiger partial charge in [-0.25, -0.2) is 12.8 Å². The lowest BCUT2D eigenvalue weighted by atomic mass is 10.2. The fourth-order valence-electron chi connectivity index (χ4n) is 3.88. The minimum atomic E-state index is -3.60. The summed E-state index contributed by atoms with van der Waals surface area (Å²) < 4.78 is 40.7. The van der Waals surface area contributed by atoms with Gasteiger partial charge >= 0.3 is 0 Å². The molecule has 1 heterocycles. The SMILES string of the molecule is Cc1ccc(S(=O)(=O)N2CCN(c3c(Cl)cccc3NC(=S)NC(=O)c3ccc(F)cc3)CC2)cc1. The van der Waals surface area contributed by atoms with Crippen molar-refractivity contribution < 1.29 is 17.6 Å². The van der Waals surface area contributed by atoms with Gasteiger partial charge in [-0.2, -0.15) is 4.31 Å². The third kappa shape index (κ3) is 5.84. The number of benzene rings is 3. The second kappa shape index (κ2) is 10.9. The molecule has 3 aromatic rings. The Labute approximate surface area is 219 Å². The molecule has 1 fully saturated rings. The minimum Gasteiger partial charge on any atom is -0.366 e. The van der Waals surface area contributed by atoms with Crippen molar-refractivity contribution in [1.82, 2.24) is 9.62 Å². The zero-order valence-corrected chi connectivity index (χ0v) is 21.8. The molecule has 3 aromatic carbocycles. The normalized spacial score (nSPS) is 14.4. The Morgan fingerprint density at radius 1 is 0.972 bits per heavy atom. The molecule has 11 heteroatoms. The molecule has 0 unspecified atom stereocenters. The predicted molar refractivity (Wildman–Crippen MR) is 144 cm³/mol. The number of rotatable bonds is 5. The van der Waals surface area contributed by atoms with Crippen molar-refractivity contribution in [2.45, 2.75) is 11.8 Å². The number of nitrogens with one attached hydrogen (secondary N) is 2.